The third-order valence-electron chi connectivity index (χ3n) is 3.73. The predicted molar refractivity (Wildman–Crippen MR) is 95.9 cm³/mol. The van der Waals surface area contributed by atoms with Crippen LogP contribution in [0.4, 0.5) is 22.0 Å². The molecule has 2 rings (SSSR count). The van der Waals surface area contributed by atoms with Crippen molar-refractivity contribution in [3.8, 4) is 11.3 Å². The Morgan fingerprint density at radius 3 is 2.43 bits per heavy atom. The standard InChI is InChI=1S/C18H14ClF5N2O4/c1-26(2)7-8(15(27)18(23,24)17(21)22)14-12(16(28)29-3)13(25-30-14)11-9(19)5-4-6-10(11)20/h4-7,17H,1-3H3/b8-7-. The van der Waals surface area contributed by atoms with E-state index in [2.05, 4.69) is 9.89 Å². The lowest BCUT2D eigenvalue weighted by molar-refractivity contribution is -0.160. The number of aromatic nitrogens is 1. The molecule has 0 aliphatic rings. The molecule has 0 fully saturated rings. The Morgan fingerprint density at radius 2 is 1.93 bits per heavy atom. The zero-order chi connectivity index (χ0) is 22.8. The number of carbonyl (C=O) groups excluding carboxylic acids is 2. The summed E-state index contributed by atoms with van der Waals surface area (Å²) in [4.78, 5) is 25.6. The number of ketones is 1. The van der Waals surface area contributed by atoms with Gasteiger partial charge >= 0.3 is 18.3 Å². The van der Waals surface area contributed by atoms with E-state index in [1.165, 1.54) is 26.2 Å². The zero-order valence-electron chi connectivity index (χ0n) is 15.7. The van der Waals surface area contributed by atoms with Crippen LogP contribution in [0.1, 0.15) is 16.1 Å². The molecule has 0 N–H and O–H groups in total. The van der Waals surface area contributed by atoms with Gasteiger partial charge in [-0.2, -0.15) is 8.78 Å². The molecule has 0 aliphatic carbocycles. The van der Waals surface area contributed by atoms with Crippen LogP contribution in [0.2, 0.25) is 5.02 Å². The van der Waals surface area contributed by atoms with Crippen molar-refractivity contribution >= 4 is 28.9 Å². The van der Waals surface area contributed by atoms with Gasteiger partial charge in [-0.15, -0.1) is 0 Å². The van der Waals surface area contributed by atoms with Crippen molar-refractivity contribution in [1.82, 2.24) is 10.1 Å². The predicted octanol–water partition coefficient (Wildman–Crippen LogP) is 4.29. The summed E-state index contributed by atoms with van der Waals surface area (Å²) in [5.74, 6) is -10.5. The van der Waals surface area contributed by atoms with E-state index < -0.39 is 58.1 Å². The van der Waals surface area contributed by atoms with Gasteiger partial charge in [0.1, 0.15) is 17.1 Å². The van der Waals surface area contributed by atoms with Crippen molar-refractivity contribution in [2.24, 2.45) is 0 Å². The van der Waals surface area contributed by atoms with Crippen LogP contribution in [0.25, 0.3) is 16.8 Å². The van der Waals surface area contributed by atoms with Crippen molar-refractivity contribution in [2.75, 3.05) is 21.2 Å². The minimum atomic E-state index is -5.10. The molecule has 0 aliphatic heterocycles. The number of rotatable bonds is 7. The van der Waals surface area contributed by atoms with Crippen molar-refractivity contribution in [3.63, 3.8) is 0 Å². The average molecular weight is 453 g/mol. The van der Waals surface area contributed by atoms with E-state index in [1.54, 1.807) is 0 Å². The summed E-state index contributed by atoms with van der Waals surface area (Å²) < 4.78 is 76.8. The Kier molecular flexibility index (Phi) is 6.86. The molecule has 0 amide bonds. The molecule has 162 valence electrons. The SMILES string of the molecule is COC(=O)c1c(-c2c(F)cccc2Cl)noc1/C(=C/N(C)C)C(=O)C(F)(F)C(F)F. The summed E-state index contributed by atoms with van der Waals surface area (Å²) in [6.07, 6.45) is -3.60. The van der Waals surface area contributed by atoms with Gasteiger partial charge in [-0.1, -0.05) is 22.8 Å². The third-order valence-corrected chi connectivity index (χ3v) is 4.05. The molecular formula is C18H14ClF5N2O4. The highest BCUT2D eigenvalue weighted by Gasteiger charge is 2.51. The van der Waals surface area contributed by atoms with Crippen LogP contribution < -0.4 is 0 Å². The van der Waals surface area contributed by atoms with Crippen LogP contribution in [0, 0.1) is 5.82 Å². The van der Waals surface area contributed by atoms with Gasteiger partial charge in [-0.05, 0) is 12.1 Å². The molecule has 1 heterocycles. The van der Waals surface area contributed by atoms with E-state index in [9.17, 15) is 31.5 Å². The van der Waals surface area contributed by atoms with E-state index in [1.807, 2.05) is 0 Å². The summed E-state index contributed by atoms with van der Waals surface area (Å²) in [6.45, 7) is 0. The van der Waals surface area contributed by atoms with Crippen LogP contribution in [-0.2, 0) is 9.53 Å². The number of ether oxygens (including phenoxy) is 1. The molecule has 0 saturated carbocycles. The van der Waals surface area contributed by atoms with Crippen molar-refractivity contribution in [2.45, 2.75) is 12.3 Å². The van der Waals surface area contributed by atoms with Crippen LogP contribution >= 0.6 is 11.6 Å². The molecular weight excluding hydrogens is 439 g/mol. The fourth-order valence-electron chi connectivity index (χ4n) is 2.42. The van der Waals surface area contributed by atoms with Gasteiger partial charge < -0.3 is 14.2 Å². The van der Waals surface area contributed by atoms with Crippen molar-refractivity contribution in [1.29, 1.82) is 0 Å². The number of Topliss-reactive ketones (excluding diaryl/α,β-unsaturated/α-hetero) is 1. The quantitative estimate of drug-likeness (QED) is 0.354. The lowest BCUT2D eigenvalue weighted by Crippen LogP contribution is -2.37. The second kappa shape index (κ2) is 8.82. The van der Waals surface area contributed by atoms with E-state index in [4.69, 9.17) is 16.1 Å². The number of hydrogen-bond acceptors (Lipinski definition) is 6. The van der Waals surface area contributed by atoms with Crippen LogP contribution in [0.5, 0.6) is 0 Å². The highest BCUT2D eigenvalue weighted by atomic mass is 35.5. The monoisotopic (exact) mass is 452 g/mol. The topological polar surface area (TPSA) is 72.6 Å². The zero-order valence-corrected chi connectivity index (χ0v) is 16.4. The first-order valence-corrected chi connectivity index (χ1v) is 8.43. The molecule has 1 aromatic heterocycles. The lowest BCUT2D eigenvalue weighted by Gasteiger charge is -2.17. The van der Waals surface area contributed by atoms with Crippen molar-refractivity contribution in [3.05, 3.63) is 46.6 Å². The van der Waals surface area contributed by atoms with Crippen LogP contribution in [0.3, 0.4) is 0 Å². The molecule has 30 heavy (non-hydrogen) atoms. The Morgan fingerprint density at radius 1 is 1.30 bits per heavy atom. The van der Waals surface area contributed by atoms with E-state index >= 15 is 0 Å². The highest BCUT2D eigenvalue weighted by molar-refractivity contribution is 6.33. The number of esters is 1. The van der Waals surface area contributed by atoms with Gasteiger partial charge in [0.05, 0.1) is 23.3 Å². The Balaban J connectivity index is 2.83. The molecule has 0 saturated heterocycles. The molecule has 0 unspecified atom stereocenters. The molecule has 6 nitrogen and oxygen atoms in total. The largest absolute Gasteiger partial charge is 0.465 e. The molecule has 2 aromatic rings. The van der Waals surface area contributed by atoms with Gasteiger partial charge in [-0.3, -0.25) is 4.79 Å². The van der Waals surface area contributed by atoms with Crippen LogP contribution in [-0.4, -0.2) is 55.4 Å². The fraction of sp³-hybridized carbons (Fsp3) is 0.278. The molecule has 1 aromatic carbocycles. The third kappa shape index (κ3) is 4.30. The molecule has 0 radical (unpaired) electrons. The van der Waals surface area contributed by atoms with Gasteiger partial charge in [0.15, 0.2) is 5.76 Å². The summed E-state index contributed by atoms with van der Waals surface area (Å²) in [7, 11) is 3.52. The lowest BCUT2D eigenvalue weighted by atomic mass is 9.97. The van der Waals surface area contributed by atoms with E-state index in [0.717, 1.165) is 24.3 Å². The normalized spacial score (nSPS) is 12.3. The molecule has 0 spiro atoms. The number of hydrogen-bond donors (Lipinski definition) is 0. The minimum absolute atomic E-state index is 0.220. The second-order valence-corrected chi connectivity index (χ2v) is 6.49. The Bertz CT molecular complexity index is 984. The van der Waals surface area contributed by atoms with Gasteiger partial charge in [-0.25, -0.2) is 18.0 Å². The number of nitrogens with zero attached hydrogens (tertiary/aromatic N) is 2. The van der Waals surface area contributed by atoms with Gasteiger partial charge in [0.2, 0.25) is 5.78 Å². The molecule has 0 bridgehead atoms. The maximum absolute atomic E-state index is 14.3. The first-order valence-electron chi connectivity index (χ1n) is 8.05. The van der Waals surface area contributed by atoms with Crippen molar-refractivity contribution < 1.29 is 40.8 Å². The fourth-order valence-corrected chi connectivity index (χ4v) is 2.67. The second-order valence-electron chi connectivity index (χ2n) is 6.08. The smallest absolute Gasteiger partial charge is 0.369 e. The number of alkyl halides is 4. The summed E-state index contributed by atoms with van der Waals surface area (Å²) in [5, 5.41) is 3.25. The maximum Gasteiger partial charge on any atom is 0.369 e. The summed E-state index contributed by atoms with van der Waals surface area (Å²) in [5.41, 5.74) is -2.84. The van der Waals surface area contributed by atoms with Crippen LogP contribution in [0.15, 0.2) is 28.9 Å². The first kappa shape index (κ1) is 23.3. The molecule has 12 heteroatoms. The Labute approximate surface area is 171 Å². The number of allylic oxidation sites excluding steroid dienone is 1. The molecule has 0 atom stereocenters. The van der Waals surface area contributed by atoms with Gasteiger partial charge in [0.25, 0.3) is 0 Å². The number of benzene rings is 1. The summed E-state index contributed by atoms with van der Waals surface area (Å²) >= 11 is 5.95. The van der Waals surface area contributed by atoms with E-state index in [-0.39, 0.29) is 5.02 Å². The number of methoxy groups -OCH3 is 1. The minimum Gasteiger partial charge on any atom is -0.465 e. The van der Waals surface area contributed by atoms with Gasteiger partial charge in [0, 0.05) is 20.3 Å². The Hall–Kier alpha value is -2.95. The first-order chi connectivity index (χ1) is 13.9. The average Bonchev–Trinajstić information content (AvgIpc) is 3.08. The summed E-state index contributed by atoms with van der Waals surface area (Å²) in [6, 6.07) is 3.48. The maximum atomic E-state index is 14.3. The van der Waals surface area contributed by atoms with E-state index in [0.29, 0.717) is 0 Å². The number of halogens is 6. The number of carbonyl (C=O) groups is 2. The highest BCUT2D eigenvalue weighted by Crippen LogP contribution is 2.38.